The molecule has 0 heterocycles. The van der Waals surface area contributed by atoms with Gasteiger partial charge in [-0.05, 0) is 12.2 Å². The molecule has 0 amide bonds. The van der Waals surface area contributed by atoms with Gasteiger partial charge in [-0.2, -0.15) is 0 Å². The molecule has 9 heavy (non-hydrogen) atoms. The first-order chi connectivity index (χ1) is 4.20. The average molecular weight is 119 g/mol. The fourth-order valence-corrected chi connectivity index (χ4v) is 0.302. The Labute approximate surface area is 55.6 Å². The molecule has 0 aromatic carbocycles. The number of terminal acetylenes is 1. The summed E-state index contributed by atoms with van der Waals surface area (Å²) in [5.41, 5.74) is 6.44. The van der Waals surface area contributed by atoms with E-state index >= 15 is 0 Å². The number of allylic oxidation sites excluding steroid dienone is 3. The molecule has 46 valence electrons. The smallest absolute Gasteiger partial charge is 0.0320 e. The van der Waals surface area contributed by atoms with Gasteiger partial charge in [0.15, 0.2) is 0 Å². The summed E-state index contributed by atoms with van der Waals surface area (Å²) in [6, 6.07) is 0. The predicted molar refractivity (Wildman–Crippen MR) is 40.4 cm³/mol. The molecular formula is C8H9N. The fourth-order valence-electron chi connectivity index (χ4n) is 0.302. The van der Waals surface area contributed by atoms with E-state index in [1.165, 1.54) is 6.08 Å². The molecule has 0 atom stereocenters. The Morgan fingerprint density at radius 3 is 2.56 bits per heavy atom. The maximum absolute atomic E-state index is 5.34. The summed E-state index contributed by atoms with van der Waals surface area (Å²) < 4.78 is 0. The normalized spacial score (nSPS) is 9.89. The van der Waals surface area contributed by atoms with Gasteiger partial charge in [0.25, 0.3) is 0 Å². The summed E-state index contributed by atoms with van der Waals surface area (Å²) >= 11 is 0. The van der Waals surface area contributed by atoms with Gasteiger partial charge in [-0.3, -0.25) is 0 Å². The molecule has 1 nitrogen and oxygen atoms in total. The molecule has 2 N–H and O–H groups in total. The van der Waals surface area contributed by atoms with Crippen LogP contribution in [0, 0.1) is 12.3 Å². The van der Waals surface area contributed by atoms with Crippen LogP contribution in [0.2, 0.25) is 0 Å². The quantitative estimate of drug-likeness (QED) is 0.429. The molecule has 0 saturated heterocycles. The SMILES string of the molecule is C#CC(=C)C=C(N)C=C. The number of hydrogen-bond acceptors (Lipinski definition) is 1. The number of rotatable bonds is 2. The van der Waals surface area contributed by atoms with Crippen LogP contribution >= 0.6 is 0 Å². The van der Waals surface area contributed by atoms with Crippen LogP contribution in [0.25, 0.3) is 0 Å². The van der Waals surface area contributed by atoms with Crippen molar-refractivity contribution < 1.29 is 0 Å². The molecule has 0 bridgehead atoms. The van der Waals surface area contributed by atoms with Gasteiger partial charge in [0.1, 0.15) is 0 Å². The minimum atomic E-state index is 0.540. The molecule has 0 rings (SSSR count). The van der Waals surface area contributed by atoms with Crippen LogP contribution in [0.15, 0.2) is 36.6 Å². The Balaban J connectivity index is 4.16. The zero-order valence-electron chi connectivity index (χ0n) is 5.22. The van der Waals surface area contributed by atoms with E-state index in [2.05, 4.69) is 19.1 Å². The molecule has 0 aliphatic heterocycles. The fraction of sp³-hybridized carbons (Fsp3) is 0. The topological polar surface area (TPSA) is 26.0 Å². The van der Waals surface area contributed by atoms with Gasteiger partial charge < -0.3 is 5.73 Å². The minimum Gasteiger partial charge on any atom is -0.399 e. The molecule has 1 heteroatoms. The highest BCUT2D eigenvalue weighted by Crippen LogP contribution is 1.92. The van der Waals surface area contributed by atoms with E-state index in [1.807, 2.05) is 0 Å². The van der Waals surface area contributed by atoms with Crippen LogP contribution in [0.4, 0.5) is 0 Å². The summed E-state index contributed by atoms with van der Waals surface area (Å²) in [6.45, 7) is 6.97. The summed E-state index contributed by atoms with van der Waals surface area (Å²) in [5.74, 6) is 2.33. The monoisotopic (exact) mass is 119 g/mol. The molecule has 0 aromatic rings. The first-order valence-electron chi connectivity index (χ1n) is 2.46. The largest absolute Gasteiger partial charge is 0.399 e. The molecule has 0 unspecified atom stereocenters. The predicted octanol–water partition coefficient (Wildman–Crippen LogP) is 1.20. The van der Waals surface area contributed by atoms with Gasteiger partial charge >= 0.3 is 0 Å². The summed E-state index contributed by atoms with van der Waals surface area (Å²) in [5, 5.41) is 0. The van der Waals surface area contributed by atoms with Crippen molar-refractivity contribution in [2.24, 2.45) is 5.73 Å². The van der Waals surface area contributed by atoms with E-state index in [4.69, 9.17) is 12.2 Å². The Kier molecular flexibility index (Phi) is 3.00. The Hall–Kier alpha value is -1.42. The van der Waals surface area contributed by atoms with Crippen molar-refractivity contribution >= 4 is 0 Å². The van der Waals surface area contributed by atoms with E-state index in [-0.39, 0.29) is 0 Å². The lowest BCUT2D eigenvalue weighted by Gasteiger charge is -1.88. The van der Waals surface area contributed by atoms with Gasteiger partial charge in [-0.25, -0.2) is 0 Å². The highest BCUT2D eigenvalue weighted by molar-refractivity contribution is 5.37. The van der Waals surface area contributed by atoms with Crippen molar-refractivity contribution in [1.29, 1.82) is 0 Å². The zero-order chi connectivity index (χ0) is 7.28. The summed E-state index contributed by atoms with van der Waals surface area (Å²) in [4.78, 5) is 0. The molecule has 0 fully saturated rings. The second-order valence-electron chi connectivity index (χ2n) is 1.52. The molecular weight excluding hydrogens is 110 g/mol. The van der Waals surface area contributed by atoms with Crippen LogP contribution < -0.4 is 5.73 Å². The first-order valence-corrected chi connectivity index (χ1v) is 2.46. The highest BCUT2D eigenvalue weighted by Gasteiger charge is 1.80. The number of nitrogens with two attached hydrogens (primary N) is 1. The van der Waals surface area contributed by atoms with Gasteiger partial charge in [0, 0.05) is 11.3 Å². The van der Waals surface area contributed by atoms with Gasteiger partial charge in [-0.1, -0.05) is 19.1 Å². The van der Waals surface area contributed by atoms with E-state index in [0.717, 1.165) is 0 Å². The minimum absolute atomic E-state index is 0.540. The molecule has 0 spiro atoms. The molecule has 0 aliphatic rings. The lowest BCUT2D eigenvalue weighted by molar-refractivity contribution is 1.42. The highest BCUT2D eigenvalue weighted by atomic mass is 14.5. The van der Waals surface area contributed by atoms with Gasteiger partial charge in [0.2, 0.25) is 0 Å². The van der Waals surface area contributed by atoms with E-state index in [9.17, 15) is 0 Å². The molecule has 0 aromatic heterocycles. The summed E-state index contributed by atoms with van der Waals surface area (Å²) in [7, 11) is 0. The van der Waals surface area contributed by atoms with Crippen molar-refractivity contribution in [3.8, 4) is 12.3 Å². The van der Waals surface area contributed by atoms with Crippen molar-refractivity contribution in [3.63, 3.8) is 0 Å². The number of hydrogen-bond donors (Lipinski definition) is 1. The van der Waals surface area contributed by atoms with Crippen molar-refractivity contribution in [1.82, 2.24) is 0 Å². The molecule has 0 saturated carbocycles. The first kappa shape index (κ1) is 7.58. The maximum Gasteiger partial charge on any atom is 0.0320 e. The lowest BCUT2D eigenvalue weighted by Crippen LogP contribution is -1.91. The third kappa shape index (κ3) is 3.19. The Morgan fingerprint density at radius 2 is 2.22 bits per heavy atom. The molecule has 0 radical (unpaired) electrons. The van der Waals surface area contributed by atoms with E-state index < -0.39 is 0 Å². The van der Waals surface area contributed by atoms with Gasteiger partial charge in [0.05, 0.1) is 0 Å². The van der Waals surface area contributed by atoms with Crippen LogP contribution in [-0.2, 0) is 0 Å². The summed E-state index contributed by atoms with van der Waals surface area (Å²) in [6.07, 6.45) is 8.10. The van der Waals surface area contributed by atoms with Crippen molar-refractivity contribution in [2.45, 2.75) is 0 Å². The third-order valence-corrected chi connectivity index (χ3v) is 0.762. The zero-order valence-corrected chi connectivity index (χ0v) is 5.22. The van der Waals surface area contributed by atoms with Crippen molar-refractivity contribution in [3.05, 3.63) is 36.6 Å². The maximum atomic E-state index is 5.34. The standard InChI is InChI=1S/C8H9N/c1-4-7(3)6-8(9)5-2/h1,5-6H,2-3,9H2. The third-order valence-electron chi connectivity index (χ3n) is 0.762. The van der Waals surface area contributed by atoms with Crippen molar-refractivity contribution in [2.75, 3.05) is 0 Å². The van der Waals surface area contributed by atoms with Crippen LogP contribution in [0.1, 0.15) is 0 Å². The van der Waals surface area contributed by atoms with Crippen LogP contribution in [0.5, 0.6) is 0 Å². The molecule has 0 aliphatic carbocycles. The van der Waals surface area contributed by atoms with Crippen LogP contribution in [0.3, 0.4) is 0 Å². The average Bonchev–Trinajstić information content (AvgIpc) is 1.87. The second kappa shape index (κ2) is 3.57. The lowest BCUT2D eigenvalue weighted by atomic mass is 10.2. The van der Waals surface area contributed by atoms with Gasteiger partial charge in [-0.15, -0.1) is 6.42 Å². The van der Waals surface area contributed by atoms with E-state index in [1.54, 1.807) is 6.08 Å². The Morgan fingerprint density at radius 1 is 1.67 bits per heavy atom. The van der Waals surface area contributed by atoms with Crippen LogP contribution in [-0.4, -0.2) is 0 Å². The Bertz CT molecular complexity index is 191. The second-order valence-corrected chi connectivity index (χ2v) is 1.52. The van der Waals surface area contributed by atoms with E-state index in [0.29, 0.717) is 11.3 Å².